The molecule has 3 aromatic rings. The zero-order chi connectivity index (χ0) is 27.7. The molecule has 5 rings (SSSR count). The minimum absolute atomic E-state index is 0.0740. The number of hydrogen-bond acceptors (Lipinski definition) is 8. The maximum atomic E-state index is 12.6. The van der Waals surface area contributed by atoms with Gasteiger partial charge in [-0.25, -0.2) is 9.50 Å². The largest absolute Gasteiger partial charge is 0.460 e. The number of hydrogen-bond donors (Lipinski definition) is 2. The lowest BCUT2D eigenvalue weighted by Gasteiger charge is -2.25. The molecule has 3 atom stereocenters. The maximum Gasteiger partial charge on any atom is 0.309 e. The SMILES string of the molecule is COC[C@H](C)Nc1ncc2c(-c3cnn([C@@H]4CCC(C(=O)OC(C)(C)C)C4)c3)cc([C@H]3CC[C@H](O)CC3)n2n1. The third-order valence-electron chi connectivity index (χ3n) is 7.88. The van der Waals surface area contributed by atoms with Gasteiger partial charge in [0.2, 0.25) is 5.95 Å². The number of fused-ring (bicyclic) bond motifs is 1. The number of anilines is 1. The Bertz CT molecular complexity index is 1290. The molecule has 0 amide bonds. The van der Waals surface area contributed by atoms with Gasteiger partial charge >= 0.3 is 5.97 Å². The third-order valence-corrected chi connectivity index (χ3v) is 7.88. The first-order chi connectivity index (χ1) is 18.6. The van der Waals surface area contributed by atoms with Crippen LogP contribution in [0.25, 0.3) is 16.6 Å². The fourth-order valence-corrected chi connectivity index (χ4v) is 5.96. The van der Waals surface area contributed by atoms with E-state index in [9.17, 15) is 9.90 Å². The lowest BCUT2D eigenvalue weighted by Crippen LogP contribution is -2.27. The Hall–Kier alpha value is -2.98. The molecule has 1 unspecified atom stereocenters. The molecule has 0 spiro atoms. The summed E-state index contributed by atoms with van der Waals surface area (Å²) in [5, 5.41) is 23.0. The van der Waals surface area contributed by atoms with E-state index in [1.807, 2.05) is 49.3 Å². The fourth-order valence-electron chi connectivity index (χ4n) is 5.96. The summed E-state index contributed by atoms with van der Waals surface area (Å²) in [6.45, 7) is 8.32. The summed E-state index contributed by atoms with van der Waals surface area (Å²) >= 11 is 0. The number of aliphatic hydroxyl groups is 1. The molecule has 0 aromatic carbocycles. The van der Waals surface area contributed by atoms with Crippen LogP contribution in [-0.4, -0.2) is 66.9 Å². The lowest BCUT2D eigenvalue weighted by molar-refractivity contribution is -0.159. The molecule has 0 saturated heterocycles. The molecule has 2 aliphatic carbocycles. The van der Waals surface area contributed by atoms with Crippen molar-refractivity contribution in [1.29, 1.82) is 0 Å². The number of nitrogens with zero attached hydrogens (tertiary/aromatic N) is 5. The van der Waals surface area contributed by atoms with Crippen molar-refractivity contribution in [3.63, 3.8) is 0 Å². The van der Waals surface area contributed by atoms with Gasteiger partial charge in [0.25, 0.3) is 0 Å². The summed E-state index contributed by atoms with van der Waals surface area (Å²) in [6, 6.07) is 2.46. The minimum atomic E-state index is -0.474. The maximum absolute atomic E-state index is 12.6. The van der Waals surface area contributed by atoms with Gasteiger partial charge in [0.15, 0.2) is 0 Å². The molecule has 2 saturated carbocycles. The van der Waals surface area contributed by atoms with E-state index in [1.54, 1.807) is 7.11 Å². The number of carbonyl (C=O) groups is 1. The van der Waals surface area contributed by atoms with Crippen molar-refractivity contribution in [1.82, 2.24) is 24.4 Å². The van der Waals surface area contributed by atoms with Gasteiger partial charge < -0.3 is 19.9 Å². The van der Waals surface area contributed by atoms with Crippen molar-refractivity contribution in [3.8, 4) is 11.1 Å². The highest BCUT2D eigenvalue weighted by molar-refractivity contribution is 5.81. The summed E-state index contributed by atoms with van der Waals surface area (Å²) < 4.78 is 14.9. The number of carbonyl (C=O) groups excluding carboxylic acids is 1. The van der Waals surface area contributed by atoms with Crippen LogP contribution in [0.5, 0.6) is 0 Å². The Morgan fingerprint density at radius 2 is 1.95 bits per heavy atom. The van der Waals surface area contributed by atoms with E-state index in [2.05, 4.69) is 22.6 Å². The molecule has 3 aromatic heterocycles. The van der Waals surface area contributed by atoms with Crippen molar-refractivity contribution in [2.45, 2.75) is 102 Å². The van der Waals surface area contributed by atoms with E-state index >= 15 is 0 Å². The highest BCUT2D eigenvalue weighted by atomic mass is 16.6. The summed E-state index contributed by atoms with van der Waals surface area (Å²) in [5.41, 5.74) is 3.64. The summed E-state index contributed by atoms with van der Waals surface area (Å²) in [5.74, 6) is 0.666. The normalized spacial score (nSPS) is 24.7. The van der Waals surface area contributed by atoms with Crippen LogP contribution in [0.1, 0.15) is 90.3 Å². The fraction of sp³-hybridized carbons (Fsp3) is 0.655. The molecule has 212 valence electrons. The van der Waals surface area contributed by atoms with Crippen LogP contribution in [-0.2, 0) is 14.3 Å². The van der Waals surface area contributed by atoms with Crippen molar-refractivity contribution >= 4 is 17.4 Å². The van der Waals surface area contributed by atoms with E-state index < -0.39 is 5.60 Å². The second-order valence-electron chi connectivity index (χ2n) is 12.3. The van der Waals surface area contributed by atoms with Crippen molar-refractivity contribution in [2.75, 3.05) is 19.0 Å². The Kier molecular flexibility index (Phi) is 7.96. The smallest absolute Gasteiger partial charge is 0.309 e. The van der Waals surface area contributed by atoms with Gasteiger partial charge in [-0.1, -0.05) is 0 Å². The summed E-state index contributed by atoms with van der Waals surface area (Å²) in [4.78, 5) is 17.2. The number of esters is 1. The minimum Gasteiger partial charge on any atom is -0.460 e. The van der Waals surface area contributed by atoms with Crippen molar-refractivity contribution < 1.29 is 19.4 Å². The molecule has 39 heavy (non-hydrogen) atoms. The Morgan fingerprint density at radius 1 is 1.18 bits per heavy atom. The molecule has 0 aliphatic heterocycles. The average molecular weight is 539 g/mol. The topological polar surface area (TPSA) is 116 Å². The van der Waals surface area contributed by atoms with Crippen LogP contribution in [0.4, 0.5) is 5.95 Å². The summed E-state index contributed by atoms with van der Waals surface area (Å²) in [7, 11) is 1.68. The second-order valence-corrected chi connectivity index (χ2v) is 12.3. The summed E-state index contributed by atoms with van der Waals surface area (Å²) in [6.07, 6.45) is 11.5. The number of ether oxygens (including phenoxy) is 2. The number of nitrogens with one attached hydrogen (secondary N) is 1. The average Bonchev–Trinajstić information content (AvgIpc) is 3.62. The highest BCUT2D eigenvalue weighted by Crippen LogP contribution is 2.39. The molecule has 10 nitrogen and oxygen atoms in total. The van der Waals surface area contributed by atoms with Crippen LogP contribution in [0.15, 0.2) is 24.7 Å². The lowest BCUT2D eigenvalue weighted by atomic mass is 9.85. The van der Waals surface area contributed by atoms with Gasteiger partial charge in [-0.3, -0.25) is 9.48 Å². The molecule has 0 bridgehead atoms. The van der Waals surface area contributed by atoms with E-state index in [-0.39, 0.29) is 30.1 Å². The zero-order valence-electron chi connectivity index (χ0n) is 23.8. The van der Waals surface area contributed by atoms with Crippen LogP contribution in [0.3, 0.4) is 0 Å². The first-order valence-electron chi connectivity index (χ1n) is 14.2. The predicted molar refractivity (Wildman–Crippen MR) is 149 cm³/mol. The van der Waals surface area contributed by atoms with Gasteiger partial charge in [-0.05, 0) is 78.7 Å². The monoisotopic (exact) mass is 538 g/mol. The molecule has 3 heterocycles. The van der Waals surface area contributed by atoms with Gasteiger partial charge in [-0.15, -0.1) is 5.10 Å². The van der Waals surface area contributed by atoms with E-state index in [4.69, 9.17) is 19.7 Å². The van der Waals surface area contributed by atoms with Crippen LogP contribution >= 0.6 is 0 Å². The van der Waals surface area contributed by atoms with Gasteiger partial charge in [0.05, 0.1) is 42.6 Å². The third kappa shape index (κ3) is 6.27. The molecule has 0 radical (unpaired) electrons. The zero-order valence-corrected chi connectivity index (χ0v) is 23.8. The Balaban J connectivity index is 1.41. The number of aliphatic hydroxyl groups excluding tert-OH is 1. The predicted octanol–water partition coefficient (Wildman–Crippen LogP) is 4.74. The number of methoxy groups -OCH3 is 1. The van der Waals surface area contributed by atoms with Crippen LogP contribution in [0.2, 0.25) is 0 Å². The molecular formula is C29H42N6O4. The van der Waals surface area contributed by atoms with E-state index in [1.165, 1.54) is 0 Å². The molecular weight excluding hydrogens is 496 g/mol. The molecule has 10 heteroatoms. The second kappa shape index (κ2) is 11.3. The molecule has 2 aliphatic rings. The number of aromatic nitrogens is 5. The van der Waals surface area contributed by atoms with Crippen LogP contribution < -0.4 is 5.32 Å². The quantitative estimate of drug-likeness (QED) is 0.395. The Morgan fingerprint density at radius 3 is 2.67 bits per heavy atom. The van der Waals surface area contributed by atoms with Crippen molar-refractivity contribution in [2.24, 2.45) is 5.92 Å². The van der Waals surface area contributed by atoms with Gasteiger partial charge in [-0.2, -0.15) is 5.10 Å². The molecule has 2 fully saturated rings. The van der Waals surface area contributed by atoms with Gasteiger partial charge in [0, 0.05) is 42.1 Å². The molecule has 2 N–H and O–H groups in total. The highest BCUT2D eigenvalue weighted by Gasteiger charge is 2.34. The van der Waals surface area contributed by atoms with E-state index in [0.29, 0.717) is 18.5 Å². The number of rotatable bonds is 8. The van der Waals surface area contributed by atoms with Crippen LogP contribution in [0, 0.1) is 5.92 Å². The standard InChI is InChI=1S/C29H42N6O4/c1-18(17-38-5)32-28-30-15-26-24(13-25(35(26)33-28)19-7-10-23(36)11-8-19)21-14-31-34(16-21)22-9-6-20(12-22)27(37)39-29(2,3)4/h13-16,18-20,22-23,36H,6-12,17H2,1-5H3,(H,32,33)/t18-,19-,20?,22+,23-/m0/s1. The van der Waals surface area contributed by atoms with E-state index in [0.717, 1.165) is 67.3 Å². The first kappa shape index (κ1) is 27.6. The first-order valence-corrected chi connectivity index (χ1v) is 14.2. The van der Waals surface area contributed by atoms with Crippen molar-refractivity contribution in [3.05, 3.63) is 30.4 Å². The Labute approximate surface area is 230 Å². The van der Waals surface area contributed by atoms with Gasteiger partial charge in [0.1, 0.15) is 5.60 Å².